The van der Waals surface area contributed by atoms with E-state index in [2.05, 4.69) is 32.7 Å². The highest BCUT2D eigenvalue weighted by molar-refractivity contribution is 5.84. The first kappa shape index (κ1) is 15.4. The molecule has 1 N–H and O–H groups in total. The van der Waals surface area contributed by atoms with E-state index in [-0.39, 0.29) is 5.91 Å². The Morgan fingerprint density at radius 3 is 2.82 bits per heavy atom. The first-order valence-electron chi connectivity index (χ1n) is 8.52. The highest BCUT2D eigenvalue weighted by Gasteiger charge is 2.42. The summed E-state index contributed by atoms with van der Waals surface area (Å²) >= 11 is 0. The Bertz CT molecular complexity index is 482. The second kappa shape index (κ2) is 6.73. The van der Waals surface area contributed by atoms with Crippen LogP contribution in [0, 0.1) is 0 Å². The normalized spacial score (nSPS) is 25.2. The van der Waals surface area contributed by atoms with Crippen LogP contribution in [0.15, 0.2) is 6.33 Å². The molecule has 122 valence electrons. The highest BCUT2D eigenvalue weighted by atomic mass is 16.2. The fourth-order valence-electron chi connectivity index (χ4n) is 3.97. The van der Waals surface area contributed by atoms with Gasteiger partial charge in [0.05, 0.1) is 0 Å². The Kier molecular flexibility index (Phi) is 4.71. The predicted molar refractivity (Wildman–Crippen MR) is 82.2 cm³/mol. The summed E-state index contributed by atoms with van der Waals surface area (Å²) in [6, 6.07) is 0.475. The van der Waals surface area contributed by atoms with E-state index >= 15 is 0 Å². The van der Waals surface area contributed by atoms with Crippen molar-refractivity contribution in [2.24, 2.45) is 0 Å². The summed E-state index contributed by atoms with van der Waals surface area (Å²) in [7, 11) is 0. The SMILES string of the molecule is CCN1CCC[C@@H]1CNC(=O)C1(n2cnnn2)CCCCC1. The molecule has 0 radical (unpaired) electrons. The zero-order chi connectivity index (χ0) is 15.4. The molecule has 1 amide bonds. The van der Waals surface area contributed by atoms with Crippen molar-refractivity contribution in [3.05, 3.63) is 6.33 Å². The Hall–Kier alpha value is -1.50. The van der Waals surface area contributed by atoms with Gasteiger partial charge in [-0.2, -0.15) is 0 Å². The van der Waals surface area contributed by atoms with E-state index in [1.165, 1.54) is 19.3 Å². The van der Waals surface area contributed by atoms with Gasteiger partial charge in [-0.15, -0.1) is 5.10 Å². The summed E-state index contributed by atoms with van der Waals surface area (Å²) in [5.74, 6) is 0.0856. The van der Waals surface area contributed by atoms with Crippen molar-refractivity contribution in [1.29, 1.82) is 0 Å². The van der Waals surface area contributed by atoms with E-state index in [9.17, 15) is 4.79 Å². The van der Waals surface area contributed by atoms with E-state index in [4.69, 9.17) is 0 Å². The maximum Gasteiger partial charge on any atom is 0.248 e. The summed E-state index contributed by atoms with van der Waals surface area (Å²) in [6.07, 6.45) is 8.92. The maximum atomic E-state index is 12.9. The summed E-state index contributed by atoms with van der Waals surface area (Å²) < 4.78 is 1.67. The molecule has 0 unspecified atom stereocenters. The summed E-state index contributed by atoms with van der Waals surface area (Å²) in [5.41, 5.74) is -0.586. The van der Waals surface area contributed by atoms with Gasteiger partial charge in [-0.3, -0.25) is 9.69 Å². The molecule has 1 saturated heterocycles. The average molecular weight is 306 g/mol. The fraction of sp³-hybridized carbons (Fsp3) is 0.867. The van der Waals surface area contributed by atoms with Crippen LogP contribution in [0.5, 0.6) is 0 Å². The Morgan fingerprint density at radius 2 is 2.14 bits per heavy atom. The topological polar surface area (TPSA) is 75.9 Å². The van der Waals surface area contributed by atoms with E-state index in [1.807, 2.05) is 0 Å². The molecule has 7 nitrogen and oxygen atoms in total. The number of amides is 1. The monoisotopic (exact) mass is 306 g/mol. The molecule has 2 aliphatic rings. The van der Waals surface area contributed by atoms with Crippen LogP contribution in [-0.4, -0.2) is 56.7 Å². The molecule has 7 heteroatoms. The number of aromatic nitrogens is 4. The molecule has 1 atom stereocenters. The second-order valence-corrected chi connectivity index (χ2v) is 6.48. The van der Waals surface area contributed by atoms with E-state index in [0.29, 0.717) is 6.04 Å². The first-order chi connectivity index (χ1) is 10.8. The van der Waals surface area contributed by atoms with Gasteiger partial charge in [-0.05, 0) is 49.2 Å². The van der Waals surface area contributed by atoms with Gasteiger partial charge in [0.25, 0.3) is 0 Å². The van der Waals surface area contributed by atoms with Gasteiger partial charge in [-0.25, -0.2) is 4.68 Å². The molecule has 1 saturated carbocycles. The van der Waals surface area contributed by atoms with Gasteiger partial charge >= 0.3 is 0 Å². The van der Waals surface area contributed by atoms with Gasteiger partial charge in [0.15, 0.2) is 0 Å². The Morgan fingerprint density at radius 1 is 1.32 bits per heavy atom. The third-order valence-electron chi connectivity index (χ3n) is 5.29. The van der Waals surface area contributed by atoms with Gasteiger partial charge in [0.1, 0.15) is 11.9 Å². The number of carbonyl (C=O) groups is 1. The number of hydrogen-bond acceptors (Lipinski definition) is 5. The molecular formula is C15H26N6O. The van der Waals surface area contributed by atoms with Crippen LogP contribution in [0.4, 0.5) is 0 Å². The number of nitrogens with zero attached hydrogens (tertiary/aromatic N) is 5. The number of nitrogens with one attached hydrogen (secondary N) is 1. The molecule has 0 bridgehead atoms. The van der Waals surface area contributed by atoms with Crippen LogP contribution in [0.1, 0.15) is 51.9 Å². The lowest BCUT2D eigenvalue weighted by Crippen LogP contribution is -2.52. The number of carbonyl (C=O) groups excluding carboxylic acids is 1. The van der Waals surface area contributed by atoms with Gasteiger partial charge < -0.3 is 5.32 Å². The van der Waals surface area contributed by atoms with Crippen LogP contribution in [0.25, 0.3) is 0 Å². The molecule has 3 rings (SSSR count). The minimum atomic E-state index is -0.586. The zero-order valence-corrected chi connectivity index (χ0v) is 13.4. The molecule has 2 heterocycles. The maximum absolute atomic E-state index is 12.9. The molecule has 1 aliphatic carbocycles. The van der Waals surface area contributed by atoms with Gasteiger partial charge in [0.2, 0.25) is 5.91 Å². The molecule has 1 aromatic rings. The van der Waals surface area contributed by atoms with E-state index < -0.39 is 5.54 Å². The van der Waals surface area contributed by atoms with Crippen molar-refractivity contribution in [2.45, 2.75) is 63.5 Å². The molecule has 1 aliphatic heterocycles. The Balaban J connectivity index is 1.68. The van der Waals surface area contributed by atoms with Crippen molar-refractivity contribution in [2.75, 3.05) is 19.6 Å². The van der Waals surface area contributed by atoms with Crippen LogP contribution in [0.3, 0.4) is 0 Å². The lowest BCUT2D eigenvalue weighted by molar-refractivity contribution is -0.132. The highest BCUT2D eigenvalue weighted by Crippen LogP contribution is 2.34. The van der Waals surface area contributed by atoms with Crippen LogP contribution in [-0.2, 0) is 10.3 Å². The van der Waals surface area contributed by atoms with Gasteiger partial charge in [0, 0.05) is 12.6 Å². The van der Waals surface area contributed by atoms with E-state index in [1.54, 1.807) is 11.0 Å². The van der Waals surface area contributed by atoms with Crippen molar-refractivity contribution < 1.29 is 4.79 Å². The quantitative estimate of drug-likeness (QED) is 0.876. The van der Waals surface area contributed by atoms with Gasteiger partial charge in [-0.1, -0.05) is 26.2 Å². The van der Waals surface area contributed by atoms with Crippen molar-refractivity contribution in [3.8, 4) is 0 Å². The smallest absolute Gasteiger partial charge is 0.248 e. The minimum absolute atomic E-state index is 0.0856. The predicted octanol–water partition coefficient (Wildman–Crippen LogP) is 0.933. The molecule has 0 aromatic carbocycles. The molecule has 1 aromatic heterocycles. The van der Waals surface area contributed by atoms with Crippen molar-refractivity contribution in [1.82, 2.24) is 30.4 Å². The minimum Gasteiger partial charge on any atom is -0.352 e. The molecule has 22 heavy (non-hydrogen) atoms. The number of tetrazole rings is 1. The lowest BCUT2D eigenvalue weighted by atomic mass is 9.81. The molecule has 2 fully saturated rings. The summed E-state index contributed by atoms with van der Waals surface area (Å²) in [5, 5.41) is 14.7. The zero-order valence-electron chi connectivity index (χ0n) is 13.4. The van der Waals surface area contributed by atoms with Crippen LogP contribution < -0.4 is 5.32 Å². The number of likely N-dealkylation sites (N-methyl/N-ethyl adjacent to an activating group) is 1. The average Bonchev–Trinajstić information content (AvgIpc) is 3.24. The lowest BCUT2D eigenvalue weighted by Gasteiger charge is -2.35. The van der Waals surface area contributed by atoms with E-state index in [0.717, 1.165) is 45.3 Å². The summed E-state index contributed by atoms with van der Waals surface area (Å²) in [4.78, 5) is 15.4. The first-order valence-corrected chi connectivity index (χ1v) is 8.52. The number of hydrogen-bond donors (Lipinski definition) is 1. The summed E-state index contributed by atoms with van der Waals surface area (Å²) in [6.45, 7) is 5.12. The largest absolute Gasteiger partial charge is 0.352 e. The molecule has 0 spiro atoms. The fourth-order valence-corrected chi connectivity index (χ4v) is 3.97. The second-order valence-electron chi connectivity index (χ2n) is 6.48. The van der Waals surface area contributed by atoms with Crippen LogP contribution in [0.2, 0.25) is 0 Å². The molecular weight excluding hydrogens is 280 g/mol. The van der Waals surface area contributed by atoms with Crippen molar-refractivity contribution >= 4 is 5.91 Å². The standard InChI is InChI=1S/C15H26N6O/c1-2-20-10-6-7-13(20)11-16-14(22)15(8-4-3-5-9-15)21-12-17-18-19-21/h12-13H,2-11H2,1H3,(H,16,22)/t13-/m1/s1. The van der Waals surface area contributed by atoms with Crippen LogP contribution >= 0.6 is 0 Å². The van der Waals surface area contributed by atoms with Crippen molar-refractivity contribution in [3.63, 3.8) is 0 Å². The third kappa shape index (κ3) is 2.86. The number of likely N-dealkylation sites (tertiary alicyclic amines) is 1. The Labute approximate surface area is 131 Å². The third-order valence-corrected chi connectivity index (χ3v) is 5.29. The number of rotatable bonds is 5.